The average Bonchev–Trinajstić information content (AvgIpc) is 2.87. The van der Waals surface area contributed by atoms with E-state index in [1.807, 2.05) is 0 Å². The molecule has 1 aromatic heterocycles. The maximum atomic E-state index is 6.41. The number of likely N-dealkylation sites (tertiary alicyclic amines) is 1. The van der Waals surface area contributed by atoms with Crippen LogP contribution in [0.4, 0.5) is 0 Å². The van der Waals surface area contributed by atoms with Gasteiger partial charge in [-0.3, -0.25) is 0 Å². The molecule has 0 unspecified atom stereocenters. The molecule has 3 aliphatic rings. The van der Waals surface area contributed by atoms with Gasteiger partial charge in [0.1, 0.15) is 5.60 Å². The second kappa shape index (κ2) is 6.97. The van der Waals surface area contributed by atoms with E-state index in [9.17, 15) is 0 Å². The maximum absolute atomic E-state index is 6.41. The first-order chi connectivity index (χ1) is 12.8. The molecule has 1 spiro atoms. The molecule has 0 amide bonds. The van der Waals surface area contributed by atoms with Crippen molar-refractivity contribution in [2.75, 3.05) is 52.7 Å². The average molecular weight is 356 g/mol. The molecule has 26 heavy (non-hydrogen) atoms. The third-order valence-electron chi connectivity index (χ3n) is 6.26. The van der Waals surface area contributed by atoms with Gasteiger partial charge in [0.15, 0.2) is 0 Å². The van der Waals surface area contributed by atoms with E-state index in [4.69, 9.17) is 14.2 Å². The SMILES string of the molecule is c1ccc2c3c([nH]c2c1)C1(CCN(CC2COCCOC2)CC1)OCC3. The predicted octanol–water partition coefficient (Wildman–Crippen LogP) is 2.69. The van der Waals surface area contributed by atoms with Crippen LogP contribution >= 0.6 is 0 Å². The number of hydrogen-bond donors (Lipinski definition) is 1. The first kappa shape index (κ1) is 16.8. The van der Waals surface area contributed by atoms with Crippen LogP contribution in [0.5, 0.6) is 0 Å². The standard InChI is InChI=1S/C21H28N2O3/c1-2-4-19-17(3-1)18-5-10-26-21(20(18)22-19)6-8-23(9-7-21)13-16-14-24-11-12-25-15-16/h1-4,16,22H,5-15H2. The maximum Gasteiger partial charge on any atom is 0.110 e. The molecule has 140 valence electrons. The lowest BCUT2D eigenvalue weighted by Gasteiger charge is -2.44. The lowest BCUT2D eigenvalue weighted by atomic mass is 9.83. The molecule has 3 aliphatic heterocycles. The van der Waals surface area contributed by atoms with Crippen LogP contribution in [0.15, 0.2) is 24.3 Å². The Bertz CT molecular complexity index is 756. The van der Waals surface area contributed by atoms with Crippen LogP contribution < -0.4 is 0 Å². The van der Waals surface area contributed by atoms with Gasteiger partial charge in [-0.1, -0.05) is 18.2 Å². The zero-order valence-corrected chi connectivity index (χ0v) is 15.3. The van der Waals surface area contributed by atoms with Gasteiger partial charge in [0.05, 0.1) is 38.7 Å². The summed E-state index contributed by atoms with van der Waals surface area (Å²) in [4.78, 5) is 6.26. The first-order valence-electron chi connectivity index (χ1n) is 9.96. The van der Waals surface area contributed by atoms with Crippen molar-refractivity contribution < 1.29 is 14.2 Å². The highest BCUT2D eigenvalue weighted by atomic mass is 16.5. The van der Waals surface area contributed by atoms with Crippen molar-refractivity contribution in [1.29, 1.82) is 0 Å². The van der Waals surface area contributed by atoms with E-state index in [2.05, 4.69) is 34.1 Å². The molecule has 1 N–H and O–H groups in total. The lowest BCUT2D eigenvalue weighted by Crippen LogP contribution is -2.48. The molecule has 5 nitrogen and oxygen atoms in total. The van der Waals surface area contributed by atoms with Gasteiger partial charge in [-0.2, -0.15) is 0 Å². The van der Waals surface area contributed by atoms with Crippen molar-refractivity contribution in [3.8, 4) is 0 Å². The molecule has 2 fully saturated rings. The van der Waals surface area contributed by atoms with Crippen molar-refractivity contribution in [1.82, 2.24) is 9.88 Å². The highest BCUT2D eigenvalue weighted by Crippen LogP contribution is 2.43. The number of aromatic nitrogens is 1. The molecule has 0 atom stereocenters. The zero-order chi connectivity index (χ0) is 17.4. The number of hydrogen-bond acceptors (Lipinski definition) is 4. The quantitative estimate of drug-likeness (QED) is 0.899. The van der Waals surface area contributed by atoms with E-state index in [-0.39, 0.29) is 5.60 Å². The molecule has 1 aromatic carbocycles. The van der Waals surface area contributed by atoms with Crippen molar-refractivity contribution in [3.05, 3.63) is 35.5 Å². The van der Waals surface area contributed by atoms with Gasteiger partial charge in [0.25, 0.3) is 0 Å². The van der Waals surface area contributed by atoms with Crippen LogP contribution in [0.3, 0.4) is 0 Å². The Kier molecular flexibility index (Phi) is 4.49. The summed E-state index contributed by atoms with van der Waals surface area (Å²) in [6.07, 6.45) is 3.13. The second-order valence-corrected chi connectivity index (χ2v) is 7.93. The summed E-state index contributed by atoms with van der Waals surface area (Å²) in [6, 6.07) is 8.67. The van der Waals surface area contributed by atoms with E-state index in [1.165, 1.54) is 22.2 Å². The molecule has 5 rings (SSSR count). The van der Waals surface area contributed by atoms with Gasteiger partial charge in [-0.15, -0.1) is 0 Å². The molecule has 2 aromatic rings. The summed E-state index contributed by atoms with van der Waals surface area (Å²) in [7, 11) is 0. The van der Waals surface area contributed by atoms with Gasteiger partial charge in [0.2, 0.25) is 0 Å². The number of H-pyrrole nitrogens is 1. The van der Waals surface area contributed by atoms with Crippen LogP contribution in [-0.2, 0) is 26.2 Å². The number of aromatic amines is 1. The Morgan fingerprint density at radius 2 is 1.81 bits per heavy atom. The molecule has 0 aliphatic carbocycles. The number of ether oxygens (including phenoxy) is 3. The number of rotatable bonds is 2. The Hall–Kier alpha value is -1.40. The lowest BCUT2D eigenvalue weighted by molar-refractivity contribution is -0.102. The fraction of sp³-hybridized carbons (Fsp3) is 0.619. The van der Waals surface area contributed by atoms with Crippen LogP contribution in [0.25, 0.3) is 10.9 Å². The molecule has 2 saturated heterocycles. The predicted molar refractivity (Wildman–Crippen MR) is 100 cm³/mol. The largest absolute Gasteiger partial charge is 0.379 e. The third kappa shape index (κ3) is 2.97. The molecule has 5 heteroatoms. The van der Waals surface area contributed by atoms with Crippen molar-refractivity contribution in [2.24, 2.45) is 5.92 Å². The summed E-state index contributed by atoms with van der Waals surface area (Å²) < 4.78 is 17.7. The van der Waals surface area contributed by atoms with Crippen LogP contribution in [-0.4, -0.2) is 62.6 Å². The fourth-order valence-corrected chi connectivity index (χ4v) is 4.90. The van der Waals surface area contributed by atoms with E-state index in [0.29, 0.717) is 5.92 Å². The Morgan fingerprint density at radius 3 is 2.62 bits per heavy atom. The summed E-state index contributed by atoms with van der Waals surface area (Å²) in [6.45, 7) is 7.16. The topological polar surface area (TPSA) is 46.7 Å². The minimum atomic E-state index is -0.125. The second-order valence-electron chi connectivity index (χ2n) is 7.93. The van der Waals surface area contributed by atoms with Gasteiger partial charge in [-0.25, -0.2) is 0 Å². The van der Waals surface area contributed by atoms with Gasteiger partial charge in [0, 0.05) is 36.5 Å². The van der Waals surface area contributed by atoms with E-state index in [0.717, 1.165) is 71.9 Å². The van der Waals surface area contributed by atoms with E-state index >= 15 is 0 Å². The molecular formula is C21H28N2O3. The highest BCUT2D eigenvalue weighted by Gasteiger charge is 2.42. The number of benzene rings is 1. The number of piperidine rings is 1. The fourth-order valence-electron chi connectivity index (χ4n) is 4.90. The molecule has 4 heterocycles. The molecule has 0 saturated carbocycles. The van der Waals surface area contributed by atoms with E-state index in [1.54, 1.807) is 0 Å². The van der Waals surface area contributed by atoms with Crippen molar-refractivity contribution in [2.45, 2.75) is 24.9 Å². The Morgan fingerprint density at radius 1 is 1.04 bits per heavy atom. The minimum Gasteiger partial charge on any atom is -0.379 e. The molecule has 0 bridgehead atoms. The minimum absolute atomic E-state index is 0.125. The monoisotopic (exact) mass is 356 g/mol. The molecular weight excluding hydrogens is 328 g/mol. The highest BCUT2D eigenvalue weighted by molar-refractivity contribution is 5.85. The van der Waals surface area contributed by atoms with Crippen molar-refractivity contribution in [3.63, 3.8) is 0 Å². The van der Waals surface area contributed by atoms with Crippen LogP contribution in [0.2, 0.25) is 0 Å². The zero-order valence-electron chi connectivity index (χ0n) is 15.3. The summed E-state index contributed by atoms with van der Waals surface area (Å²) in [5, 5.41) is 1.38. The number of para-hydroxylation sites is 1. The number of nitrogens with zero attached hydrogens (tertiary/aromatic N) is 1. The number of nitrogens with one attached hydrogen (secondary N) is 1. The Balaban J connectivity index is 1.32. The summed E-state index contributed by atoms with van der Waals surface area (Å²) in [5.74, 6) is 0.488. The van der Waals surface area contributed by atoms with Crippen LogP contribution in [0.1, 0.15) is 24.1 Å². The first-order valence-corrected chi connectivity index (χ1v) is 9.96. The van der Waals surface area contributed by atoms with Crippen molar-refractivity contribution >= 4 is 10.9 Å². The number of fused-ring (bicyclic) bond motifs is 4. The summed E-state index contributed by atoms with van der Waals surface area (Å²) >= 11 is 0. The third-order valence-corrected chi connectivity index (χ3v) is 6.26. The van der Waals surface area contributed by atoms with E-state index < -0.39 is 0 Å². The van der Waals surface area contributed by atoms with Gasteiger partial charge < -0.3 is 24.1 Å². The Labute approximate surface area is 154 Å². The normalized spacial score (nSPS) is 24.6. The smallest absolute Gasteiger partial charge is 0.110 e. The van der Waals surface area contributed by atoms with Gasteiger partial charge >= 0.3 is 0 Å². The summed E-state index contributed by atoms with van der Waals surface area (Å²) in [5.41, 5.74) is 3.94. The molecule has 0 radical (unpaired) electrons. The van der Waals surface area contributed by atoms with Gasteiger partial charge in [-0.05, 0) is 30.9 Å². The van der Waals surface area contributed by atoms with Crippen LogP contribution in [0, 0.1) is 5.92 Å².